The SMILES string of the molecule is NC(=O)CN(C(=O)[C@H]1CC(=O)N(Cc2ccccc2)C1)C1CCCC1. The number of carbonyl (C=O) groups is 3. The highest BCUT2D eigenvalue weighted by atomic mass is 16.2. The average molecular weight is 343 g/mol. The zero-order valence-electron chi connectivity index (χ0n) is 14.4. The van der Waals surface area contributed by atoms with Crippen LogP contribution >= 0.6 is 0 Å². The van der Waals surface area contributed by atoms with Gasteiger partial charge in [-0.1, -0.05) is 43.2 Å². The molecule has 0 bridgehead atoms. The second-order valence-corrected chi connectivity index (χ2v) is 7.03. The van der Waals surface area contributed by atoms with Gasteiger partial charge in [-0.2, -0.15) is 0 Å². The van der Waals surface area contributed by atoms with Gasteiger partial charge in [-0.15, -0.1) is 0 Å². The van der Waals surface area contributed by atoms with Crippen LogP contribution in [-0.2, 0) is 20.9 Å². The van der Waals surface area contributed by atoms with Crippen LogP contribution in [0.15, 0.2) is 30.3 Å². The standard InChI is InChI=1S/C19H25N3O3/c20-17(23)13-22(16-8-4-5-9-16)19(25)15-10-18(24)21(12-15)11-14-6-2-1-3-7-14/h1-3,6-7,15-16H,4-5,8-13H2,(H2,20,23)/t15-/m0/s1. The third-order valence-electron chi connectivity index (χ3n) is 5.15. The lowest BCUT2D eigenvalue weighted by Gasteiger charge is -2.30. The number of amides is 3. The van der Waals surface area contributed by atoms with Gasteiger partial charge in [0.2, 0.25) is 17.7 Å². The Balaban J connectivity index is 1.66. The van der Waals surface area contributed by atoms with E-state index in [0.29, 0.717) is 13.1 Å². The van der Waals surface area contributed by atoms with E-state index in [1.807, 2.05) is 30.3 Å². The minimum Gasteiger partial charge on any atom is -0.368 e. The molecule has 1 heterocycles. The highest BCUT2D eigenvalue weighted by molar-refractivity contribution is 5.91. The van der Waals surface area contributed by atoms with E-state index in [-0.39, 0.29) is 36.7 Å². The molecule has 134 valence electrons. The van der Waals surface area contributed by atoms with Crippen molar-refractivity contribution in [2.24, 2.45) is 11.7 Å². The molecule has 1 aromatic carbocycles. The monoisotopic (exact) mass is 343 g/mol. The van der Waals surface area contributed by atoms with Crippen LogP contribution in [0.5, 0.6) is 0 Å². The summed E-state index contributed by atoms with van der Waals surface area (Å²) in [6.07, 6.45) is 4.17. The Morgan fingerprint density at radius 3 is 2.48 bits per heavy atom. The number of hydrogen-bond acceptors (Lipinski definition) is 3. The first-order chi connectivity index (χ1) is 12.0. The summed E-state index contributed by atoms with van der Waals surface area (Å²) in [5.74, 6) is -0.982. The normalized spacial score (nSPS) is 20.9. The summed E-state index contributed by atoms with van der Waals surface area (Å²) in [4.78, 5) is 40.0. The second kappa shape index (κ2) is 7.68. The number of nitrogens with zero attached hydrogens (tertiary/aromatic N) is 2. The van der Waals surface area contributed by atoms with E-state index in [2.05, 4.69) is 0 Å². The van der Waals surface area contributed by atoms with E-state index in [1.165, 1.54) is 0 Å². The van der Waals surface area contributed by atoms with Gasteiger partial charge < -0.3 is 15.5 Å². The van der Waals surface area contributed by atoms with Crippen LogP contribution < -0.4 is 5.73 Å². The van der Waals surface area contributed by atoms with Crippen molar-refractivity contribution < 1.29 is 14.4 Å². The fourth-order valence-corrected chi connectivity index (χ4v) is 3.90. The topological polar surface area (TPSA) is 83.7 Å². The highest BCUT2D eigenvalue weighted by Gasteiger charge is 2.39. The minimum absolute atomic E-state index is 0.00681. The molecule has 2 fully saturated rings. The summed E-state index contributed by atoms with van der Waals surface area (Å²) in [5, 5.41) is 0. The fraction of sp³-hybridized carbons (Fsp3) is 0.526. The maximum Gasteiger partial charge on any atom is 0.237 e. The van der Waals surface area contributed by atoms with Gasteiger partial charge >= 0.3 is 0 Å². The van der Waals surface area contributed by atoms with Crippen molar-refractivity contribution in [3.05, 3.63) is 35.9 Å². The van der Waals surface area contributed by atoms with E-state index in [0.717, 1.165) is 31.2 Å². The van der Waals surface area contributed by atoms with Gasteiger partial charge in [-0.05, 0) is 18.4 Å². The number of hydrogen-bond donors (Lipinski definition) is 1. The maximum atomic E-state index is 13.0. The highest BCUT2D eigenvalue weighted by Crippen LogP contribution is 2.28. The molecular weight excluding hydrogens is 318 g/mol. The zero-order chi connectivity index (χ0) is 17.8. The van der Waals surface area contributed by atoms with E-state index < -0.39 is 5.91 Å². The predicted molar refractivity (Wildman–Crippen MR) is 93.1 cm³/mol. The van der Waals surface area contributed by atoms with Gasteiger partial charge in [-0.25, -0.2) is 0 Å². The number of nitrogens with two attached hydrogens (primary N) is 1. The molecule has 0 unspecified atom stereocenters. The Labute approximate surface area is 148 Å². The molecule has 1 atom stereocenters. The van der Waals surface area contributed by atoms with Gasteiger partial charge in [0.15, 0.2) is 0 Å². The zero-order valence-corrected chi connectivity index (χ0v) is 14.4. The summed E-state index contributed by atoms with van der Waals surface area (Å²) in [6, 6.07) is 9.84. The van der Waals surface area contributed by atoms with Crippen molar-refractivity contribution in [1.82, 2.24) is 9.80 Å². The summed E-state index contributed by atoms with van der Waals surface area (Å²) in [6.45, 7) is 0.879. The molecule has 25 heavy (non-hydrogen) atoms. The van der Waals surface area contributed by atoms with Crippen molar-refractivity contribution in [2.45, 2.75) is 44.7 Å². The molecular formula is C19H25N3O3. The van der Waals surface area contributed by atoms with Crippen LogP contribution in [0.2, 0.25) is 0 Å². The molecule has 1 saturated heterocycles. The van der Waals surface area contributed by atoms with Crippen molar-refractivity contribution in [2.75, 3.05) is 13.1 Å². The van der Waals surface area contributed by atoms with E-state index in [4.69, 9.17) is 5.73 Å². The largest absolute Gasteiger partial charge is 0.368 e. The smallest absolute Gasteiger partial charge is 0.237 e. The van der Waals surface area contributed by atoms with Crippen molar-refractivity contribution in [1.29, 1.82) is 0 Å². The van der Waals surface area contributed by atoms with Crippen LogP contribution in [-0.4, -0.2) is 46.7 Å². The van der Waals surface area contributed by atoms with Crippen LogP contribution in [0.3, 0.4) is 0 Å². The lowest BCUT2D eigenvalue weighted by Crippen LogP contribution is -2.47. The lowest BCUT2D eigenvalue weighted by atomic mass is 10.0. The Morgan fingerprint density at radius 1 is 1.16 bits per heavy atom. The quantitative estimate of drug-likeness (QED) is 0.845. The number of likely N-dealkylation sites (tertiary alicyclic amines) is 1. The number of primary amides is 1. The summed E-state index contributed by atoms with van der Waals surface area (Å²) < 4.78 is 0. The molecule has 3 amide bonds. The first-order valence-electron chi connectivity index (χ1n) is 8.95. The molecule has 6 heteroatoms. The van der Waals surface area contributed by atoms with Gasteiger partial charge in [0.05, 0.1) is 12.5 Å². The molecule has 2 N–H and O–H groups in total. The van der Waals surface area contributed by atoms with Crippen molar-refractivity contribution in [3.63, 3.8) is 0 Å². The minimum atomic E-state index is -0.495. The van der Waals surface area contributed by atoms with Crippen molar-refractivity contribution in [3.8, 4) is 0 Å². The number of rotatable bonds is 6. The van der Waals surface area contributed by atoms with Gasteiger partial charge in [0.1, 0.15) is 0 Å². The molecule has 1 aromatic rings. The summed E-state index contributed by atoms with van der Waals surface area (Å²) in [5.41, 5.74) is 6.39. The van der Waals surface area contributed by atoms with E-state index in [1.54, 1.807) is 9.80 Å². The third kappa shape index (κ3) is 4.18. The van der Waals surface area contributed by atoms with Crippen LogP contribution in [0.25, 0.3) is 0 Å². The molecule has 1 aliphatic carbocycles. The summed E-state index contributed by atoms with van der Waals surface area (Å²) in [7, 11) is 0. The van der Waals surface area contributed by atoms with Gasteiger partial charge in [-0.3, -0.25) is 14.4 Å². The van der Waals surface area contributed by atoms with E-state index in [9.17, 15) is 14.4 Å². The Hall–Kier alpha value is -2.37. The van der Waals surface area contributed by atoms with Crippen LogP contribution in [0, 0.1) is 5.92 Å². The number of benzene rings is 1. The average Bonchev–Trinajstić information content (AvgIpc) is 3.23. The summed E-state index contributed by atoms with van der Waals surface area (Å²) >= 11 is 0. The third-order valence-corrected chi connectivity index (χ3v) is 5.15. The lowest BCUT2D eigenvalue weighted by molar-refractivity contribution is -0.141. The van der Waals surface area contributed by atoms with Gasteiger partial charge in [0.25, 0.3) is 0 Å². The Kier molecular flexibility index (Phi) is 5.36. The molecule has 0 radical (unpaired) electrons. The van der Waals surface area contributed by atoms with Gasteiger partial charge in [0, 0.05) is 25.6 Å². The van der Waals surface area contributed by atoms with Crippen LogP contribution in [0.1, 0.15) is 37.7 Å². The predicted octanol–water partition coefficient (Wildman–Crippen LogP) is 1.29. The first-order valence-corrected chi connectivity index (χ1v) is 8.95. The van der Waals surface area contributed by atoms with Crippen molar-refractivity contribution >= 4 is 17.7 Å². The maximum absolute atomic E-state index is 13.0. The molecule has 0 spiro atoms. The first kappa shape index (κ1) is 17.5. The number of carbonyl (C=O) groups excluding carboxylic acids is 3. The molecule has 6 nitrogen and oxygen atoms in total. The fourth-order valence-electron chi connectivity index (χ4n) is 3.90. The molecule has 1 aliphatic heterocycles. The van der Waals surface area contributed by atoms with Crippen LogP contribution in [0.4, 0.5) is 0 Å². The van der Waals surface area contributed by atoms with E-state index >= 15 is 0 Å². The molecule has 0 aromatic heterocycles. The molecule has 1 saturated carbocycles. The molecule has 3 rings (SSSR count). The Bertz CT molecular complexity index is 641. The second-order valence-electron chi connectivity index (χ2n) is 7.03. The Morgan fingerprint density at radius 2 is 1.84 bits per heavy atom. The molecule has 2 aliphatic rings.